The van der Waals surface area contributed by atoms with E-state index in [0.717, 1.165) is 54.0 Å². The topological polar surface area (TPSA) is 79.9 Å². The molecular weight excluding hydrogens is 330 g/mol. The average molecular weight is 349 g/mol. The highest BCUT2D eigenvalue weighted by Gasteiger charge is 2.26. The van der Waals surface area contributed by atoms with Crippen molar-refractivity contribution in [2.45, 2.75) is 25.8 Å². The number of anilines is 1. The zero-order chi connectivity index (χ0) is 17.7. The van der Waals surface area contributed by atoms with Gasteiger partial charge in [-0.1, -0.05) is 12.1 Å². The molecule has 26 heavy (non-hydrogen) atoms. The first-order chi connectivity index (χ1) is 12.7. The Morgan fingerprint density at radius 3 is 2.85 bits per heavy atom. The first kappa shape index (κ1) is 15.2. The van der Waals surface area contributed by atoms with Crippen LogP contribution in [0.3, 0.4) is 0 Å². The number of para-hydroxylation sites is 2. The third-order valence-electron chi connectivity index (χ3n) is 5.19. The van der Waals surface area contributed by atoms with Crippen molar-refractivity contribution in [2.75, 3.05) is 18.0 Å². The highest BCUT2D eigenvalue weighted by molar-refractivity contribution is 5.88. The van der Waals surface area contributed by atoms with E-state index in [4.69, 9.17) is 4.42 Å². The fourth-order valence-electron chi connectivity index (χ4n) is 3.98. The van der Waals surface area contributed by atoms with Crippen molar-refractivity contribution >= 4 is 28.0 Å². The maximum atomic E-state index is 12.3. The quantitative estimate of drug-likeness (QED) is 0.602. The number of H-pyrrole nitrogens is 1. The number of oxazole rings is 1. The number of aromatic amines is 1. The van der Waals surface area contributed by atoms with Gasteiger partial charge >= 0.3 is 5.76 Å². The molecule has 1 N–H and O–H groups in total. The van der Waals surface area contributed by atoms with E-state index in [1.54, 1.807) is 6.33 Å². The van der Waals surface area contributed by atoms with E-state index in [9.17, 15) is 4.79 Å². The van der Waals surface area contributed by atoms with Gasteiger partial charge < -0.3 is 14.3 Å². The normalized spacial score (nSPS) is 16.0. The van der Waals surface area contributed by atoms with Gasteiger partial charge in [0.25, 0.3) is 0 Å². The molecule has 1 aromatic carbocycles. The van der Waals surface area contributed by atoms with E-state index in [-0.39, 0.29) is 11.8 Å². The molecule has 7 nitrogen and oxygen atoms in total. The lowest BCUT2D eigenvalue weighted by Crippen LogP contribution is -2.37. The summed E-state index contributed by atoms with van der Waals surface area (Å²) in [5.41, 5.74) is 3.47. The molecule has 0 bridgehead atoms. The Balaban J connectivity index is 1.44. The van der Waals surface area contributed by atoms with Gasteiger partial charge in [0.05, 0.1) is 10.9 Å². The van der Waals surface area contributed by atoms with Crippen molar-refractivity contribution in [1.82, 2.24) is 19.5 Å². The molecule has 1 saturated heterocycles. The van der Waals surface area contributed by atoms with Crippen LogP contribution in [0, 0.1) is 6.92 Å². The van der Waals surface area contributed by atoms with Gasteiger partial charge in [0.1, 0.15) is 17.8 Å². The molecule has 0 amide bonds. The summed E-state index contributed by atoms with van der Waals surface area (Å²) in [6, 6.07) is 9.85. The Kier molecular flexibility index (Phi) is 3.34. The van der Waals surface area contributed by atoms with Gasteiger partial charge in [0.15, 0.2) is 5.58 Å². The molecule has 5 rings (SSSR count). The number of nitrogens with one attached hydrogen (secondary N) is 1. The second kappa shape index (κ2) is 5.72. The van der Waals surface area contributed by atoms with Crippen LogP contribution in [0.4, 0.5) is 5.82 Å². The van der Waals surface area contributed by atoms with E-state index >= 15 is 0 Å². The van der Waals surface area contributed by atoms with Gasteiger partial charge in [-0.25, -0.2) is 14.8 Å². The number of fused-ring (bicyclic) bond motifs is 2. The Morgan fingerprint density at radius 2 is 2.00 bits per heavy atom. The number of aryl methyl sites for hydroxylation is 1. The first-order valence-electron chi connectivity index (χ1n) is 8.86. The maximum absolute atomic E-state index is 12.3. The molecule has 0 unspecified atom stereocenters. The molecule has 1 aliphatic rings. The molecule has 132 valence electrons. The third-order valence-corrected chi connectivity index (χ3v) is 5.19. The molecule has 1 fully saturated rings. The summed E-state index contributed by atoms with van der Waals surface area (Å²) in [5, 5.41) is 1.05. The highest BCUT2D eigenvalue weighted by atomic mass is 16.4. The van der Waals surface area contributed by atoms with Gasteiger partial charge in [0.2, 0.25) is 0 Å². The average Bonchev–Trinajstić information content (AvgIpc) is 3.19. The molecule has 4 heterocycles. The molecule has 0 saturated carbocycles. The Hall–Kier alpha value is -3.09. The van der Waals surface area contributed by atoms with Crippen LogP contribution in [0.5, 0.6) is 0 Å². The van der Waals surface area contributed by atoms with Crippen LogP contribution in [0.1, 0.15) is 24.6 Å². The van der Waals surface area contributed by atoms with Crippen LogP contribution in [-0.2, 0) is 0 Å². The monoisotopic (exact) mass is 349 g/mol. The minimum atomic E-state index is -0.268. The number of hydrogen-bond acceptors (Lipinski definition) is 5. The molecule has 4 aromatic rings. The lowest BCUT2D eigenvalue weighted by Gasteiger charge is -2.33. The second-order valence-corrected chi connectivity index (χ2v) is 6.84. The fourth-order valence-corrected chi connectivity index (χ4v) is 3.98. The van der Waals surface area contributed by atoms with Crippen molar-refractivity contribution in [3.05, 3.63) is 52.9 Å². The van der Waals surface area contributed by atoms with Crippen LogP contribution in [0.25, 0.3) is 22.1 Å². The van der Waals surface area contributed by atoms with E-state index < -0.39 is 0 Å². The van der Waals surface area contributed by atoms with Crippen molar-refractivity contribution in [2.24, 2.45) is 0 Å². The number of aromatic nitrogens is 4. The van der Waals surface area contributed by atoms with Crippen molar-refractivity contribution in [3.8, 4) is 0 Å². The minimum absolute atomic E-state index is 0.146. The Morgan fingerprint density at radius 1 is 1.19 bits per heavy atom. The molecule has 0 atom stereocenters. The van der Waals surface area contributed by atoms with Crippen LogP contribution in [0.2, 0.25) is 0 Å². The zero-order valence-corrected chi connectivity index (χ0v) is 14.5. The SMILES string of the molecule is Cc1cc2c(N3CCC(n4c(=O)oc5ccccc54)CC3)ncnc2[nH]1. The number of nitrogens with zero attached hydrogens (tertiary/aromatic N) is 4. The predicted molar refractivity (Wildman–Crippen MR) is 99.6 cm³/mol. The molecular formula is C19H19N5O2. The van der Waals surface area contributed by atoms with E-state index in [1.165, 1.54) is 0 Å². The smallest absolute Gasteiger partial charge is 0.408 e. The molecule has 1 aliphatic heterocycles. The molecule has 7 heteroatoms. The van der Waals surface area contributed by atoms with Gasteiger partial charge in [-0.05, 0) is 38.0 Å². The van der Waals surface area contributed by atoms with Gasteiger partial charge in [0, 0.05) is 24.8 Å². The summed E-state index contributed by atoms with van der Waals surface area (Å²) in [6.07, 6.45) is 3.35. The Bertz CT molecular complexity index is 1150. The van der Waals surface area contributed by atoms with Crippen molar-refractivity contribution < 1.29 is 4.42 Å². The lowest BCUT2D eigenvalue weighted by molar-refractivity contribution is 0.370. The highest BCUT2D eigenvalue weighted by Crippen LogP contribution is 2.30. The number of benzene rings is 1. The van der Waals surface area contributed by atoms with Gasteiger partial charge in [-0.15, -0.1) is 0 Å². The summed E-state index contributed by atoms with van der Waals surface area (Å²) >= 11 is 0. The maximum Gasteiger partial charge on any atom is 0.420 e. The van der Waals surface area contributed by atoms with E-state index in [0.29, 0.717) is 5.58 Å². The minimum Gasteiger partial charge on any atom is -0.408 e. The third kappa shape index (κ3) is 2.31. The first-order valence-corrected chi connectivity index (χ1v) is 8.86. The molecule has 0 radical (unpaired) electrons. The van der Waals surface area contributed by atoms with Crippen LogP contribution >= 0.6 is 0 Å². The second-order valence-electron chi connectivity index (χ2n) is 6.84. The molecule has 0 spiro atoms. The van der Waals surface area contributed by atoms with Gasteiger partial charge in [-0.3, -0.25) is 4.57 Å². The van der Waals surface area contributed by atoms with Crippen LogP contribution < -0.4 is 10.7 Å². The van der Waals surface area contributed by atoms with Gasteiger partial charge in [-0.2, -0.15) is 0 Å². The van der Waals surface area contributed by atoms with E-state index in [1.807, 2.05) is 35.8 Å². The summed E-state index contributed by atoms with van der Waals surface area (Å²) in [7, 11) is 0. The summed E-state index contributed by atoms with van der Waals surface area (Å²) in [5.74, 6) is 0.692. The standard InChI is InChI=1S/C19H19N5O2/c1-12-10-14-17(22-12)20-11-21-18(14)23-8-6-13(7-9-23)24-15-4-2-3-5-16(15)26-19(24)25/h2-5,10-11,13H,6-9H2,1H3,(H,20,21,22). The van der Waals surface area contributed by atoms with Crippen LogP contribution in [-0.4, -0.2) is 32.6 Å². The molecule has 0 aliphatic carbocycles. The molecule has 3 aromatic heterocycles. The zero-order valence-electron chi connectivity index (χ0n) is 14.5. The summed E-state index contributed by atoms with van der Waals surface area (Å²) in [6.45, 7) is 3.70. The number of rotatable bonds is 2. The fraction of sp³-hybridized carbons (Fsp3) is 0.316. The summed E-state index contributed by atoms with van der Waals surface area (Å²) in [4.78, 5) is 26.7. The lowest BCUT2D eigenvalue weighted by atomic mass is 10.0. The summed E-state index contributed by atoms with van der Waals surface area (Å²) < 4.78 is 7.20. The van der Waals surface area contributed by atoms with E-state index in [2.05, 4.69) is 25.9 Å². The van der Waals surface area contributed by atoms with Crippen molar-refractivity contribution in [3.63, 3.8) is 0 Å². The largest absolute Gasteiger partial charge is 0.420 e. The van der Waals surface area contributed by atoms with Crippen LogP contribution in [0.15, 0.2) is 45.9 Å². The number of hydrogen-bond donors (Lipinski definition) is 1. The number of piperidine rings is 1. The Labute approximate surface area is 149 Å². The van der Waals surface area contributed by atoms with Crippen molar-refractivity contribution in [1.29, 1.82) is 0 Å². The predicted octanol–water partition coefficient (Wildman–Crippen LogP) is 3.02.